The minimum atomic E-state index is 0.803. The third-order valence-electron chi connectivity index (χ3n) is 3.24. The Morgan fingerprint density at radius 1 is 1.00 bits per heavy atom. The first-order chi connectivity index (χ1) is 8.66. The Kier molecular flexibility index (Phi) is 2.37. The molecule has 0 radical (unpaired) electrons. The van der Waals surface area contributed by atoms with Crippen LogP contribution in [0.15, 0.2) is 30.3 Å². The molecule has 0 aliphatic heterocycles. The molecule has 0 saturated carbocycles. The maximum Gasteiger partial charge on any atom is 0.182 e. The normalized spacial score (nSPS) is 11.1. The van der Waals surface area contributed by atoms with Crippen LogP contribution < -0.4 is 0 Å². The molecule has 2 heterocycles. The first-order valence-electron chi connectivity index (χ1n) is 5.89. The summed E-state index contributed by atoms with van der Waals surface area (Å²) in [6, 6.07) is 10.3. The number of hydrogen-bond acceptors (Lipinski definition) is 3. The Bertz CT molecular complexity index is 728. The summed E-state index contributed by atoms with van der Waals surface area (Å²) in [5.74, 6) is 1.69. The minimum absolute atomic E-state index is 0.803. The van der Waals surface area contributed by atoms with E-state index < -0.39 is 0 Å². The number of fused-ring (bicyclic) bond motifs is 1. The summed E-state index contributed by atoms with van der Waals surface area (Å²) >= 11 is 0. The van der Waals surface area contributed by atoms with Crippen molar-refractivity contribution in [2.75, 3.05) is 0 Å². The molecule has 0 bridgehead atoms. The maximum absolute atomic E-state index is 4.70. The Hall–Kier alpha value is -2.23. The van der Waals surface area contributed by atoms with Crippen molar-refractivity contribution < 1.29 is 0 Å². The summed E-state index contributed by atoms with van der Waals surface area (Å²) in [5, 5.41) is 9.39. The first-order valence-corrected chi connectivity index (χ1v) is 5.89. The summed E-state index contributed by atoms with van der Waals surface area (Å²) in [5.41, 5.74) is 3.06. The number of para-hydroxylation sites is 1. The highest BCUT2D eigenvalue weighted by molar-refractivity contribution is 5.83. The molecule has 0 saturated heterocycles. The largest absolute Gasteiger partial charge is 0.313 e. The number of rotatable bonds is 1. The summed E-state index contributed by atoms with van der Waals surface area (Å²) in [4.78, 5) is 4.70. The second kappa shape index (κ2) is 3.91. The lowest BCUT2D eigenvalue weighted by Gasteiger charge is -2.05. The van der Waals surface area contributed by atoms with Crippen LogP contribution in [0.4, 0.5) is 0 Å². The number of benzene rings is 1. The molecule has 0 aliphatic carbocycles. The third-order valence-corrected chi connectivity index (χ3v) is 3.24. The average molecular weight is 238 g/mol. The maximum atomic E-state index is 4.70. The zero-order chi connectivity index (χ0) is 12.7. The average Bonchev–Trinajstić information content (AvgIpc) is 2.70. The lowest BCUT2D eigenvalue weighted by molar-refractivity contribution is 0.862. The van der Waals surface area contributed by atoms with Crippen molar-refractivity contribution in [2.24, 2.45) is 7.05 Å². The lowest BCUT2D eigenvalue weighted by atomic mass is 10.1. The van der Waals surface area contributed by atoms with Gasteiger partial charge in [0.25, 0.3) is 0 Å². The molecule has 18 heavy (non-hydrogen) atoms. The second-order valence-electron chi connectivity index (χ2n) is 4.47. The Balaban J connectivity index is 2.25. The SMILES string of the molecule is Cc1cccc2ccc(-c3nnc(C)n3C)nc12. The molecule has 1 aromatic carbocycles. The highest BCUT2D eigenvalue weighted by atomic mass is 15.3. The van der Waals surface area contributed by atoms with Crippen LogP contribution in [0.25, 0.3) is 22.4 Å². The molecule has 3 aromatic rings. The number of aryl methyl sites for hydroxylation is 2. The zero-order valence-corrected chi connectivity index (χ0v) is 10.7. The van der Waals surface area contributed by atoms with Crippen LogP contribution >= 0.6 is 0 Å². The standard InChI is InChI=1S/C14H14N4/c1-9-5-4-6-11-7-8-12(15-13(9)11)14-17-16-10(2)18(14)3/h4-8H,1-3H3. The van der Waals surface area contributed by atoms with Crippen molar-refractivity contribution in [2.45, 2.75) is 13.8 Å². The van der Waals surface area contributed by atoms with E-state index >= 15 is 0 Å². The van der Waals surface area contributed by atoms with Gasteiger partial charge in [-0.2, -0.15) is 0 Å². The van der Waals surface area contributed by atoms with Gasteiger partial charge in [0.2, 0.25) is 0 Å². The van der Waals surface area contributed by atoms with E-state index in [-0.39, 0.29) is 0 Å². The van der Waals surface area contributed by atoms with E-state index in [4.69, 9.17) is 4.98 Å². The molecule has 3 rings (SSSR count). The fraction of sp³-hybridized carbons (Fsp3) is 0.214. The van der Waals surface area contributed by atoms with Gasteiger partial charge in [-0.1, -0.05) is 24.3 Å². The summed E-state index contributed by atoms with van der Waals surface area (Å²) in [6.45, 7) is 4.00. The summed E-state index contributed by atoms with van der Waals surface area (Å²) in [7, 11) is 1.95. The fourth-order valence-electron chi connectivity index (χ4n) is 2.05. The van der Waals surface area contributed by atoms with E-state index in [1.165, 1.54) is 5.56 Å². The van der Waals surface area contributed by atoms with Crippen LogP contribution in [-0.2, 0) is 7.05 Å². The molecule has 0 atom stereocenters. The molecule has 0 spiro atoms. The zero-order valence-electron chi connectivity index (χ0n) is 10.7. The lowest BCUT2D eigenvalue weighted by Crippen LogP contribution is -1.97. The monoisotopic (exact) mass is 238 g/mol. The highest BCUT2D eigenvalue weighted by Crippen LogP contribution is 2.21. The molecular weight excluding hydrogens is 224 g/mol. The van der Waals surface area contributed by atoms with Gasteiger partial charge in [0.15, 0.2) is 5.82 Å². The summed E-state index contributed by atoms with van der Waals surface area (Å²) in [6.07, 6.45) is 0. The van der Waals surface area contributed by atoms with Crippen molar-refractivity contribution in [1.82, 2.24) is 19.7 Å². The first kappa shape index (κ1) is 10.9. The molecule has 90 valence electrons. The molecule has 0 aliphatic rings. The van der Waals surface area contributed by atoms with Crippen LogP contribution in [0.3, 0.4) is 0 Å². The van der Waals surface area contributed by atoms with E-state index in [1.807, 2.05) is 30.7 Å². The van der Waals surface area contributed by atoms with E-state index in [0.717, 1.165) is 28.2 Å². The van der Waals surface area contributed by atoms with E-state index in [1.54, 1.807) is 0 Å². The number of hydrogen-bond donors (Lipinski definition) is 0. The predicted octanol–water partition coefficient (Wildman–Crippen LogP) is 2.65. The van der Waals surface area contributed by atoms with Crippen molar-refractivity contribution in [1.29, 1.82) is 0 Å². The molecule has 2 aromatic heterocycles. The van der Waals surface area contributed by atoms with E-state index in [2.05, 4.69) is 35.3 Å². The van der Waals surface area contributed by atoms with Crippen molar-refractivity contribution >= 4 is 10.9 Å². The van der Waals surface area contributed by atoms with Gasteiger partial charge in [-0.15, -0.1) is 10.2 Å². The van der Waals surface area contributed by atoms with Gasteiger partial charge in [-0.05, 0) is 25.5 Å². The van der Waals surface area contributed by atoms with Gasteiger partial charge < -0.3 is 4.57 Å². The van der Waals surface area contributed by atoms with Gasteiger partial charge in [0, 0.05) is 12.4 Å². The van der Waals surface area contributed by atoms with Gasteiger partial charge in [-0.25, -0.2) is 4.98 Å². The molecule has 0 amide bonds. The molecule has 4 heteroatoms. The highest BCUT2D eigenvalue weighted by Gasteiger charge is 2.10. The van der Waals surface area contributed by atoms with Gasteiger partial charge in [-0.3, -0.25) is 0 Å². The Labute approximate surface area is 105 Å². The van der Waals surface area contributed by atoms with Crippen molar-refractivity contribution in [3.05, 3.63) is 41.7 Å². The quantitative estimate of drug-likeness (QED) is 0.654. The van der Waals surface area contributed by atoms with Crippen molar-refractivity contribution in [3.8, 4) is 11.5 Å². The van der Waals surface area contributed by atoms with E-state index in [9.17, 15) is 0 Å². The molecule has 4 nitrogen and oxygen atoms in total. The van der Waals surface area contributed by atoms with Crippen LogP contribution in [0, 0.1) is 13.8 Å². The summed E-state index contributed by atoms with van der Waals surface area (Å²) < 4.78 is 1.95. The third kappa shape index (κ3) is 1.57. The molecule has 0 unspecified atom stereocenters. The van der Waals surface area contributed by atoms with Crippen LogP contribution in [0.2, 0.25) is 0 Å². The Morgan fingerprint density at radius 2 is 1.83 bits per heavy atom. The molecule has 0 fully saturated rings. The van der Waals surface area contributed by atoms with Gasteiger partial charge in [0.1, 0.15) is 11.5 Å². The van der Waals surface area contributed by atoms with Gasteiger partial charge >= 0.3 is 0 Å². The Morgan fingerprint density at radius 3 is 2.56 bits per heavy atom. The fourth-order valence-corrected chi connectivity index (χ4v) is 2.05. The predicted molar refractivity (Wildman–Crippen MR) is 71.2 cm³/mol. The topological polar surface area (TPSA) is 43.6 Å². The van der Waals surface area contributed by atoms with Crippen molar-refractivity contribution in [3.63, 3.8) is 0 Å². The van der Waals surface area contributed by atoms with Crippen LogP contribution in [-0.4, -0.2) is 19.7 Å². The number of pyridine rings is 1. The smallest absolute Gasteiger partial charge is 0.182 e. The van der Waals surface area contributed by atoms with Crippen LogP contribution in [0.5, 0.6) is 0 Å². The minimum Gasteiger partial charge on any atom is -0.313 e. The van der Waals surface area contributed by atoms with Crippen LogP contribution in [0.1, 0.15) is 11.4 Å². The molecule has 0 N–H and O–H groups in total. The number of nitrogens with zero attached hydrogens (tertiary/aromatic N) is 4. The number of aromatic nitrogens is 4. The van der Waals surface area contributed by atoms with Gasteiger partial charge in [0.05, 0.1) is 5.52 Å². The second-order valence-corrected chi connectivity index (χ2v) is 4.47. The molecular formula is C14H14N4. The van der Waals surface area contributed by atoms with E-state index in [0.29, 0.717) is 0 Å².